The molecule has 0 heterocycles. The van der Waals surface area contributed by atoms with E-state index in [9.17, 15) is 9.90 Å². The summed E-state index contributed by atoms with van der Waals surface area (Å²) in [6.45, 7) is -0.135. The van der Waals surface area contributed by atoms with Crippen molar-refractivity contribution in [2.24, 2.45) is 5.73 Å². The summed E-state index contributed by atoms with van der Waals surface area (Å²) in [5.74, 6) is -0.215. The van der Waals surface area contributed by atoms with Crippen LogP contribution in [0, 0.1) is 0 Å². The Balaban J connectivity index is 2.15. The molecule has 5 heteroatoms. The highest BCUT2D eigenvalue weighted by Crippen LogP contribution is 2.37. The number of methoxy groups -OCH3 is 1. The lowest BCUT2D eigenvalue weighted by Gasteiger charge is -2.16. The van der Waals surface area contributed by atoms with Gasteiger partial charge < -0.3 is 20.3 Å². The van der Waals surface area contributed by atoms with Gasteiger partial charge in [0, 0.05) is 11.6 Å². The zero-order valence-electron chi connectivity index (χ0n) is 9.55. The minimum Gasteiger partial charge on any atom is -0.508 e. The van der Waals surface area contributed by atoms with E-state index < -0.39 is 5.97 Å². The number of fused-ring (bicyclic) bond motifs is 1. The maximum Gasteiger partial charge on any atom is 0.331 e. The van der Waals surface area contributed by atoms with Crippen molar-refractivity contribution in [1.82, 2.24) is 0 Å². The molecule has 0 saturated carbocycles. The molecule has 2 atom stereocenters. The van der Waals surface area contributed by atoms with Crippen LogP contribution >= 0.6 is 0 Å². The molecule has 0 spiro atoms. The van der Waals surface area contributed by atoms with Gasteiger partial charge in [-0.25, -0.2) is 4.79 Å². The van der Waals surface area contributed by atoms with Crippen molar-refractivity contribution < 1.29 is 19.4 Å². The fourth-order valence-corrected chi connectivity index (χ4v) is 2.08. The normalized spacial score (nSPS) is 22.2. The highest BCUT2D eigenvalue weighted by Gasteiger charge is 2.32. The monoisotopic (exact) mass is 237 g/mol. The lowest BCUT2D eigenvalue weighted by molar-refractivity contribution is -0.148. The molecular formula is C12H15NO4. The second kappa shape index (κ2) is 4.73. The maximum absolute atomic E-state index is 11.0. The number of hydrogen-bond acceptors (Lipinski definition) is 5. The number of benzene rings is 1. The Morgan fingerprint density at radius 2 is 2.35 bits per heavy atom. The molecular weight excluding hydrogens is 222 g/mol. The van der Waals surface area contributed by atoms with Crippen molar-refractivity contribution in [2.75, 3.05) is 13.7 Å². The van der Waals surface area contributed by atoms with Gasteiger partial charge in [-0.05, 0) is 18.1 Å². The molecule has 0 bridgehead atoms. The van der Waals surface area contributed by atoms with Gasteiger partial charge in [-0.1, -0.05) is 12.1 Å². The van der Waals surface area contributed by atoms with Crippen molar-refractivity contribution in [3.63, 3.8) is 0 Å². The topological polar surface area (TPSA) is 81.8 Å². The summed E-state index contributed by atoms with van der Waals surface area (Å²) in [6, 6.07) is 4.96. The summed E-state index contributed by atoms with van der Waals surface area (Å²) >= 11 is 0. The molecule has 2 unspecified atom stereocenters. The van der Waals surface area contributed by atoms with Crippen LogP contribution in [0.1, 0.15) is 17.2 Å². The van der Waals surface area contributed by atoms with Crippen LogP contribution in [0.3, 0.4) is 0 Å². The van der Waals surface area contributed by atoms with Gasteiger partial charge in [0.2, 0.25) is 0 Å². The zero-order valence-corrected chi connectivity index (χ0v) is 9.55. The van der Waals surface area contributed by atoms with Crippen LogP contribution in [0.2, 0.25) is 0 Å². The van der Waals surface area contributed by atoms with Gasteiger partial charge in [0.05, 0.1) is 13.2 Å². The fraction of sp³-hybridized carbons (Fsp3) is 0.417. The Morgan fingerprint density at radius 3 is 3.06 bits per heavy atom. The van der Waals surface area contributed by atoms with E-state index in [0.29, 0.717) is 6.42 Å². The number of esters is 1. The van der Waals surface area contributed by atoms with Crippen molar-refractivity contribution in [1.29, 1.82) is 0 Å². The first-order valence-corrected chi connectivity index (χ1v) is 5.38. The molecule has 1 aromatic carbocycles. The number of nitrogens with two attached hydrogens (primary N) is 1. The van der Waals surface area contributed by atoms with Crippen LogP contribution in [0.5, 0.6) is 5.75 Å². The number of phenolic OH excluding ortho intramolecular Hbond substituents is 1. The number of carbonyl (C=O) groups excluding carboxylic acids is 1. The van der Waals surface area contributed by atoms with E-state index in [1.165, 1.54) is 7.11 Å². The molecule has 1 aliphatic carbocycles. The smallest absolute Gasteiger partial charge is 0.331 e. The number of phenols is 1. The van der Waals surface area contributed by atoms with Crippen molar-refractivity contribution in [3.05, 3.63) is 29.3 Å². The summed E-state index contributed by atoms with van der Waals surface area (Å²) in [5.41, 5.74) is 7.59. The van der Waals surface area contributed by atoms with Crippen molar-refractivity contribution in [2.45, 2.75) is 18.6 Å². The van der Waals surface area contributed by atoms with Crippen LogP contribution < -0.4 is 5.73 Å². The van der Waals surface area contributed by atoms with E-state index in [-0.39, 0.29) is 24.5 Å². The molecule has 0 saturated heterocycles. The first-order valence-electron chi connectivity index (χ1n) is 5.38. The average molecular weight is 237 g/mol. The molecule has 0 amide bonds. The first-order chi connectivity index (χ1) is 8.13. The van der Waals surface area contributed by atoms with Crippen LogP contribution in [0.25, 0.3) is 0 Å². The van der Waals surface area contributed by atoms with Crippen LogP contribution in [-0.2, 0) is 20.7 Å². The summed E-state index contributed by atoms with van der Waals surface area (Å²) < 4.78 is 9.94. The third kappa shape index (κ3) is 2.25. The van der Waals surface area contributed by atoms with Gasteiger partial charge in [0.25, 0.3) is 0 Å². The van der Waals surface area contributed by atoms with E-state index in [0.717, 1.165) is 11.1 Å². The fourth-order valence-electron chi connectivity index (χ4n) is 2.08. The van der Waals surface area contributed by atoms with Crippen LogP contribution in [0.15, 0.2) is 18.2 Å². The molecule has 0 aromatic heterocycles. The van der Waals surface area contributed by atoms with Gasteiger partial charge >= 0.3 is 5.97 Å². The predicted octanol–water partition coefficient (Wildman–Crippen LogP) is 0.506. The molecule has 5 nitrogen and oxygen atoms in total. The molecule has 0 radical (unpaired) electrons. The van der Waals surface area contributed by atoms with Gasteiger partial charge in [-0.2, -0.15) is 0 Å². The third-order valence-corrected chi connectivity index (χ3v) is 2.93. The van der Waals surface area contributed by atoms with E-state index in [1.807, 2.05) is 6.07 Å². The third-order valence-electron chi connectivity index (χ3n) is 2.93. The molecule has 17 heavy (non-hydrogen) atoms. The van der Waals surface area contributed by atoms with Crippen LogP contribution in [-0.4, -0.2) is 30.8 Å². The SMILES string of the molecule is COC(=O)COC1c2cccc(O)c2CC1N. The number of hydrogen-bond donors (Lipinski definition) is 2. The minimum absolute atomic E-state index is 0.135. The maximum atomic E-state index is 11.0. The standard InChI is InChI=1S/C12H15NO4/c1-16-11(15)6-17-12-7-3-2-4-10(14)8(7)5-9(12)13/h2-4,9,12,14H,5-6,13H2,1H3. The highest BCUT2D eigenvalue weighted by atomic mass is 16.6. The predicted molar refractivity (Wildman–Crippen MR) is 60.5 cm³/mol. The first kappa shape index (κ1) is 11.9. The summed E-state index contributed by atoms with van der Waals surface area (Å²) in [6.07, 6.45) is 0.185. The summed E-state index contributed by atoms with van der Waals surface area (Å²) in [7, 11) is 1.31. The molecule has 0 aliphatic heterocycles. The zero-order chi connectivity index (χ0) is 12.4. The lowest BCUT2D eigenvalue weighted by Crippen LogP contribution is -2.28. The van der Waals surface area contributed by atoms with Crippen molar-refractivity contribution >= 4 is 5.97 Å². The van der Waals surface area contributed by atoms with Gasteiger partial charge in [-0.15, -0.1) is 0 Å². The Kier molecular flexibility index (Phi) is 3.31. The largest absolute Gasteiger partial charge is 0.508 e. The quantitative estimate of drug-likeness (QED) is 0.748. The Bertz CT molecular complexity index is 433. The van der Waals surface area contributed by atoms with Crippen LogP contribution in [0.4, 0.5) is 0 Å². The van der Waals surface area contributed by atoms with Gasteiger partial charge in [0.15, 0.2) is 0 Å². The molecule has 3 N–H and O–H groups in total. The number of carbonyl (C=O) groups is 1. The Hall–Kier alpha value is -1.59. The Morgan fingerprint density at radius 1 is 1.59 bits per heavy atom. The summed E-state index contributed by atoms with van der Waals surface area (Å²) in [4.78, 5) is 11.0. The molecule has 92 valence electrons. The lowest BCUT2D eigenvalue weighted by atomic mass is 10.1. The number of aromatic hydroxyl groups is 1. The van der Waals surface area contributed by atoms with Crippen molar-refractivity contribution in [3.8, 4) is 5.75 Å². The molecule has 2 rings (SSSR count). The number of rotatable bonds is 3. The molecule has 0 fully saturated rings. The van der Waals surface area contributed by atoms with Gasteiger partial charge in [0.1, 0.15) is 12.4 Å². The second-order valence-electron chi connectivity index (χ2n) is 4.02. The second-order valence-corrected chi connectivity index (χ2v) is 4.02. The highest BCUT2D eigenvalue weighted by molar-refractivity contribution is 5.70. The minimum atomic E-state index is -0.439. The summed E-state index contributed by atoms with van der Waals surface area (Å²) in [5, 5.41) is 9.69. The van der Waals surface area contributed by atoms with E-state index in [1.54, 1.807) is 12.1 Å². The number of ether oxygens (including phenoxy) is 2. The average Bonchev–Trinajstić information content (AvgIpc) is 2.64. The molecule has 1 aliphatic rings. The van der Waals surface area contributed by atoms with E-state index in [4.69, 9.17) is 10.5 Å². The van der Waals surface area contributed by atoms with Gasteiger partial charge in [-0.3, -0.25) is 0 Å². The van der Waals surface area contributed by atoms with E-state index in [2.05, 4.69) is 4.74 Å². The molecule has 1 aromatic rings. The Labute approximate surface area is 99.1 Å². The van der Waals surface area contributed by atoms with E-state index >= 15 is 0 Å².